The third-order valence-electron chi connectivity index (χ3n) is 2.92. The van der Waals surface area contributed by atoms with Crippen molar-refractivity contribution >= 4 is 11.5 Å². The molecule has 0 spiro atoms. The van der Waals surface area contributed by atoms with Gasteiger partial charge in [-0.05, 0) is 19.3 Å². The Morgan fingerprint density at radius 2 is 2.30 bits per heavy atom. The first-order valence-electron chi connectivity index (χ1n) is 6.34. The smallest absolute Gasteiger partial charge is 0.312 e. The lowest BCUT2D eigenvalue weighted by atomic mass is 9.90. The van der Waals surface area contributed by atoms with E-state index in [0.29, 0.717) is 12.5 Å². The fraction of sp³-hybridized carbons (Fsp3) is 0.538. The predicted molar refractivity (Wildman–Crippen MR) is 76.1 cm³/mol. The molecule has 0 aromatic carbocycles. The number of nitrogens with zero attached hydrogens (tertiary/aromatic N) is 3. The molecule has 1 atom stereocenters. The molecule has 1 unspecified atom stereocenters. The first kappa shape index (κ1) is 15.9. The Morgan fingerprint density at radius 3 is 2.75 bits per heavy atom. The number of pyridine rings is 1. The number of nitrogens with one attached hydrogen (secondary N) is 1. The number of aromatic nitrogens is 1. The van der Waals surface area contributed by atoms with Gasteiger partial charge in [0.05, 0.1) is 10.5 Å². The zero-order valence-electron chi connectivity index (χ0n) is 11.9. The molecule has 1 heterocycles. The lowest BCUT2D eigenvalue weighted by Gasteiger charge is -2.31. The standard InChI is InChI=1S/C13H19N5O2/c1-9(2)5-13(3,8-15)17-12-11(18(19)20)4-10(6-14)7-16-12/h4,7,9H,5,8,15H2,1-3H3,(H,16,17). The van der Waals surface area contributed by atoms with Gasteiger partial charge in [-0.2, -0.15) is 5.26 Å². The minimum absolute atomic E-state index is 0.141. The van der Waals surface area contributed by atoms with Gasteiger partial charge in [-0.3, -0.25) is 10.1 Å². The number of nitro groups is 1. The van der Waals surface area contributed by atoms with Crippen molar-refractivity contribution in [3.63, 3.8) is 0 Å². The van der Waals surface area contributed by atoms with E-state index in [-0.39, 0.29) is 17.1 Å². The van der Waals surface area contributed by atoms with Crippen LogP contribution in [0.5, 0.6) is 0 Å². The summed E-state index contributed by atoms with van der Waals surface area (Å²) in [6.07, 6.45) is 2.06. The van der Waals surface area contributed by atoms with Crippen molar-refractivity contribution < 1.29 is 4.92 Å². The number of rotatable bonds is 6. The topological polar surface area (TPSA) is 118 Å². The van der Waals surface area contributed by atoms with Gasteiger partial charge in [0.25, 0.3) is 0 Å². The van der Waals surface area contributed by atoms with Crippen molar-refractivity contribution in [3.8, 4) is 6.07 Å². The van der Waals surface area contributed by atoms with E-state index in [0.717, 1.165) is 6.42 Å². The predicted octanol–water partition coefficient (Wildman–Crippen LogP) is 2.04. The molecule has 0 fully saturated rings. The van der Waals surface area contributed by atoms with Crippen LogP contribution in [-0.4, -0.2) is 22.0 Å². The van der Waals surface area contributed by atoms with E-state index < -0.39 is 10.5 Å². The Bertz CT molecular complexity index is 538. The molecule has 1 aromatic heterocycles. The second kappa shape index (κ2) is 6.30. The number of hydrogen-bond donors (Lipinski definition) is 2. The lowest BCUT2D eigenvalue weighted by Crippen LogP contribution is -2.44. The molecule has 3 N–H and O–H groups in total. The van der Waals surface area contributed by atoms with Gasteiger partial charge in [-0.15, -0.1) is 0 Å². The Hall–Kier alpha value is -2.20. The Kier molecular flexibility index (Phi) is 5.00. The minimum Gasteiger partial charge on any atom is -0.358 e. The zero-order chi connectivity index (χ0) is 15.3. The van der Waals surface area contributed by atoms with Gasteiger partial charge >= 0.3 is 5.69 Å². The van der Waals surface area contributed by atoms with Crippen LogP contribution in [0.25, 0.3) is 0 Å². The highest BCUT2D eigenvalue weighted by atomic mass is 16.6. The summed E-state index contributed by atoms with van der Waals surface area (Å²) in [4.78, 5) is 14.5. The molecular weight excluding hydrogens is 258 g/mol. The molecule has 7 heteroatoms. The van der Waals surface area contributed by atoms with Gasteiger partial charge in [0.15, 0.2) is 0 Å². The van der Waals surface area contributed by atoms with Gasteiger partial charge < -0.3 is 11.1 Å². The second-order valence-electron chi connectivity index (χ2n) is 5.45. The van der Waals surface area contributed by atoms with Crippen LogP contribution in [-0.2, 0) is 0 Å². The summed E-state index contributed by atoms with van der Waals surface area (Å²) in [7, 11) is 0. The number of nitrogens with two attached hydrogens (primary N) is 1. The van der Waals surface area contributed by atoms with Crippen molar-refractivity contribution in [1.29, 1.82) is 5.26 Å². The van der Waals surface area contributed by atoms with E-state index in [1.807, 2.05) is 13.0 Å². The maximum absolute atomic E-state index is 11.1. The Balaban J connectivity index is 3.13. The summed E-state index contributed by atoms with van der Waals surface area (Å²) in [5.74, 6) is 0.524. The molecule has 1 aromatic rings. The number of anilines is 1. The van der Waals surface area contributed by atoms with E-state index in [2.05, 4.69) is 24.1 Å². The van der Waals surface area contributed by atoms with Gasteiger partial charge in [-0.1, -0.05) is 13.8 Å². The highest BCUT2D eigenvalue weighted by Gasteiger charge is 2.28. The van der Waals surface area contributed by atoms with E-state index in [1.54, 1.807) is 0 Å². The molecule has 108 valence electrons. The monoisotopic (exact) mass is 277 g/mol. The van der Waals surface area contributed by atoms with E-state index >= 15 is 0 Å². The largest absolute Gasteiger partial charge is 0.358 e. The summed E-state index contributed by atoms with van der Waals surface area (Å²) in [5.41, 5.74) is 5.22. The molecule has 1 rings (SSSR count). The third kappa shape index (κ3) is 3.90. The summed E-state index contributed by atoms with van der Waals surface area (Å²) in [5, 5.41) is 22.9. The van der Waals surface area contributed by atoms with E-state index in [9.17, 15) is 10.1 Å². The molecule has 0 saturated heterocycles. The first-order chi connectivity index (χ1) is 9.31. The SMILES string of the molecule is CC(C)CC(C)(CN)Nc1ncc(C#N)cc1[N+](=O)[O-]. The van der Waals surface area contributed by atoms with Crippen LogP contribution in [0.15, 0.2) is 12.3 Å². The van der Waals surface area contributed by atoms with Crippen molar-refractivity contribution in [3.05, 3.63) is 27.9 Å². The maximum atomic E-state index is 11.1. The summed E-state index contributed by atoms with van der Waals surface area (Å²) >= 11 is 0. The normalized spacial score (nSPS) is 13.6. The Morgan fingerprint density at radius 1 is 1.65 bits per heavy atom. The summed E-state index contributed by atoms with van der Waals surface area (Å²) < 4.78 is 0. The average molecular weight is 277 g/mol. The maximum Gasteiger partial charge on any atom is 0.312 e. The van der Waals surface area contributed by atoms with Crippen LogP contribution in [0.2, 0.25) is 0 Å². The lowest BCUT2D eigenvalue weighted by molar-refractivity contribution is -0.384. The van der Waals surface area contributed by atoms with Crippen LogP contribution in [0.3, 0.4) is 0 Å². The Labute approximate surface area is 118 Å². The molecule has 0 aliphatic carbocycles. The van der Waals surface area contributed by atoms with Crippen molar-refractivity contribution in [2.24, 2.45) is 11.7 Å². The highest BCUT2D eigenvalue weighted by Crippen LogP contribution is 2.27. The van der Waals surface area contributed by atoms with Crippen molar-refractivity contribution in [1.82, 2.24) is 4.98 Å². The average Bonchev–Trinajstić information content (AvgIpc) is 2.38. The van der Waals surface area contributed by atoms with E-state index in [4.69, 9.17) is 11.0 Å². The molecule has 0 bridgehead atoms. The number of nitriles is 1. The molecule has 0 aliphatic heterocycles. The molecule has 0 amide bonds. The van der Waals surface area contributed by atoms with Crippen LogP contribution < -0.4 is 11.1 Å². The van der Waals surface area contributed by atoms with E-state index in [1.165, 1.54) is 12.3 Å². The first-order valence-corrected chi connectivity index (χ1v) is 6.34. The quantitative estimate of drug-likeness (QED) is 0.606. The molecule has 0 radical (unpaired) electrons. The summed E-state index contributed by atoms with van der Waals surface area (Å²) in [6, 6.07) is 3.05. The van der Waals surface area contributed by atoms with Gasteiger partial charge in [-0.25, -0.2) is 4.98 Å². The van der Waals surface area contributed by atoms with Gasteiger partial charge in [0.2, 0.25) is 5.82 Å². The molecule has 0 aliphatic rings. The van der Waals surface area contributed by atoms with Crippen LogP contribution in [0.1, 0.15) is 32.8 Å². The molecular formula is C13H19N5O2. The fourth-order valence-corrected chi connectivity index (χ4v) is 2.12. The van der Waals surface area contributed by atoms with Crippen LogP contribution in [0.4, 0.5) is 11.5 Å². The molecule has 20 heavy (non-hydrogen) atoms. The van der Waals surface area contributed by atoms with Gasteiger partial charge in [0, 0.05) is 24.3 Å². The zero-order valence-corrected chi connectivity index (χ0v) is 11.9. The second-order valence-corrected chi connectivity index (χ2v) is 5.45. The van der Waals surface area contributed by atoms with Crippen molar-refractivity contribution in [2.75, 3.05) is 11.9 Å². The molecule has 0 saturated carbocycles. The third-order valence-corrected chi connectivity index (χ3v) is 2.92. The van der Waals surface area contributed by atoms with Crippen LogP contribution >= 0.6 is 0 Å². The van der Waals surface area contributed by atoms with Crippen molar-refractivity contribution in [2.45, 2.75) is 32.7 Å². The molecule has 7 nitrogen and oxygen atoms in total. The summed E-state index contributed by atoms with van der Waals surface area (Å²) in [6.45, 7) is 6.33. The van der Waals surface area contributed by atoms with Gasteiger partial charge in [0.1, 0.15) is 6.07 Å². The fourth-order valence-electron chi connectivity index (χ4n) is 2.12. The number of hydrogen-bond acceptors (Lipinski definition) is 6. The van der Waals surface area contributed by atoms with Crippen LogP contribution in [0, 0.1) is 27.4 Å². The highest BCUT2D eigenvalue weighted by molar-refractivity contribution is 5.59. The minimum atomic E-state index is -0.553.